The maximum atomic E-state index is 4.27. The van der Waals surface area contributed by atoms with Gasteiger partial charge in [-0.1, -0.05) is 12.2 Å². The molecular weight excluding hydrogens is 198 g/mol. The Morgan fingerprint density at radius 2 is 2.38 bits per heavy atom. The summed E-state index contributed by atoms with van der Waals surface area (Å²) >= 11 is 0. The Balaban J connectivity index is 1.55. The molecule has 0 amide bonds. The van der Waals surface area contributed by atoms with Gasteiger partial charge in [0.15, 0.2) is 0 Å². The molecule has 2 aliphatic carbocycles. The average Bonchev–Trinajstić information content (AvgIpc) is 3.02. The molecule has 1 heterocycles. The summed E-state index contributed by atoms with van der Waals surface area (Å²) in [6, 6.07) is 0. The van der Waals surface area contributed by atoms with Crippen LogP contribution in [0.5, 0.6) is 0 Å². The lowest BCUT2D eigenvalue weighted by atomic mass is 9.94. The fourth-order valence-corrected chi connectivity index (χ4v) is 3.01. The van der Waals surface area contributed by atoms with Crippen molar-refractivity contribution in [1.29, 1.82) is 0 Å². The number of hydrogen-bond donors (Lipinski definition) is 1. The Morgan fingerprint density at radius 1 is 1.44 bits per heavy atom. The van der Waals surface area contributed by atoms with Gasteiger partial charge < -0.3 is 5.32 Å². The van der Waals surface area contributed by atoms with Crippen molar-refractivity contribution in [1.82, 2.24) is 9.78 Å². The van der Waals surface area contributed by atoms with Crippen LogP contribution in [0.3, 0.4) is 0 Å². The normalized spacial score (nSPS) is 31.2. The predicted molar refractivity (Wildman–Crippen MR) is 65.2 cm³/mol. The van der Waals surface area contributed by atoms with Crippen LogP contribution in [-0.2, 0) is 6.54 Å². The Bertz CT molecular complexity index is 394. The van der Waals surface area contributed by atoms with Gasteiger partial charge >= 0.3 is 0 Å². The van der Waals surface area contributed by atoms with E-state index < -0.39 is 0 Å². The minimum atomic E-state index is 0.832. The fraction of sp³-hybridized carbons (Fsp3) is 0.615. The van der Waals surface area contributed by atoms with Gasteiger partial charge in [-0.2, -0.15) is 5.10 Å². The van der Waals surface area contributed by atoms with Crippen LogP contribution in [0.25, 0.3) is 0 Å². The molecule has 86 valence electrons. The highest BCUT2D eigenvalue weighted by Crippen LogP contribution is 2.43. The van der Waals surface area contributed by atoms with Crippen molar-refractivity contribution in [2.75, 3.05) is 11.9 Å². The standard InChI is InChI=1S/C13H19N3/c1-2-16-9-13(8-15-16)14-7-12-6-10-3-4-11(12)5-10/h3-4,8-12,14H,2,5-7H2,1H3. The number of aromatic nitrogens is 2. The maximum absolute atomic E-state index is 4.27. The summed E-state index contributed by atoms with van der Waals surface area (Å²) in [5.74, 6) is 2.54. The summed E-state index contributed by atoms with van der Waals surface area (Å²) in [7, 11) is 0. The Morgan fingerprint density at radius 3 is 3.00 bits per heavy atom. The second-order valence-corrected chi connectivity index (χ2v) is 5.01. The number of allylic oxidation sites excluding steroid dienone is 2. The maximum Gasteiger partial charge on any atom is 0.0726 e. The van der Waals surface area contributed by atoms with Gasteiger partial charge in [0.05, 0.1) is 11.9 Å². The van der Waals surface area contributed by atoms with Crippen LogP contribution >= 0.6 is 0 Å². The van der Waals surface area contributed by atoms with Crippen LogP contribution in [0, 0.1) is 17.8 Å². The lowest BCUT2D eigenvalue weighted by molar-refractivity contribution is 0.472. The highest BCUT2D eigenvalue weighted by molar-refractivity contribution is 5.38. The first kappa shape index (κ1) is 9.94. The summed E-state index contributed by atoms with van der Waals surface area (Å²) in [5.41, 5.74) is 1.16. The third-order valence-corrected chi connectivity index (χ3v) is 3.94. The molecule has 1 saturated carbocycles. The molecule has 0 saturated heterocycles. The number of nitrogens with one attached hydrogen (secondary N) is 1. The molecular formula is C13H19N3. The lowest BCUT2D eigenvalue weighted by Gasteiger charge is -2.18. The smallest absolute Gasteiger partial charge is 0.0726 e. The molecule has 16 heavy (non-hydrogen) atoms. The van der Waals surface area contributed by atoms with E-state index in [9.17, 15) is 0 Å². The molecule has 3 heteroatoms. The second kappa shape index (κ2) is 3.96. The van der Waals surface area contributed by atoms with Gasteiger partial charge in [-0.15, -0.1) is 0 Å². The summed E-state index contributed by atoms with van der Waals surface area (Å²) in [6.45, 7) is 4.15. The first-order chi connectivity index (χ1) is 7.85. The lowest BCUT2D eigenvalue weighted by Crippen LogP contribution is -2.17. The minimum absolute atomic E-state index is 0.832. The highest BCUT2D eigenvalue weighted by Gasteiger charge is 2.35. The quantitative estimate of drug-likeness (QED) is 0.785. The molecule has 1 aromatic heterocycles. The summed E-state index contributed by atoms with van der Waals surface area (Å²) in [4.78, 5) is 0. The van der Waals surface area contributed by atoms with Crippen molar-refractivity contribution in [2.24, 2.45) is 17.8 Å². The Hall–Kier alpha value is -1.25. The summed E-state index contributed by atoms with van der Waals surface area (Å²) < 4.78 is 1.96. The number of anilines is 1. The van der Waals surface area contributed by atoms with E-state index in [1.54, 1.807) is 0 Å². The third kappa shape index (κ3) is 1.75. The SMILES string of the molecule is CCn1cc(NCC2CC3C=CC2C3)cn1. The van der Waals surface area contributed by atoms with Gasteiger partial charge in [0, 0.05) is 19.3 Å². The molecule has 3 atom stereocenters. The van der Waals surface area contributed by atoms with Crippen molar-refractivity contribution in [3.05, 3.63) is 24.5 Å². The summed E-state index contributed by atoms with van der Waals surface area (Å²) in [6.07, 6.45) is 11.6. The predicted octanol–water partition coefficient (Wildman–Crippen LogP) is 2.53. The molecule has 1 fully saturated rings. The average molecular weight is 217 g/mol. The molecule has 0 spiro atoms. The zero-order chi connectivity index (χ0) is 11.0. The van der Waals surface area contributed by atoms with Gasteiger partial charge in [-0.25, -0.2) is 0 Å². The number of hydrogen-bond acceptors (Lipinski definition) is 2. The van der Waals surface area contributed by atoms with Crippen LogP contribution in [0.15, 0.2) is 24.5 Å². The number of aryl methyl sites for hydroxylation is 1. The van der Waals surface area contributed by atoms with E-state index in [1.807, 2.05) is 10.9 Å². The van der Waals surface area contributed by atoms with E-state index in [2.05, 4.69) is 35.7 Å². The molecule has 3 nitrogen and oxygen atoms in total. The van der Waals surface area contributed by atoms with Crippen LogP contribution in [0.4, 0.5) is 5.69 Å². The Labute approximate surface area is 96.5 Å². The van der Waals surface area contributed by atoms with E-state index in [-0.39, 0.29) is 0 Å². The Kier molecular flexibility index (Phi) is 2.46. The zero-order valence-corrected chi connectivity index (χ0v) is 9.76. The van der Waals surface area contributed by atoms with Crippen LogP contribution < -0.4 is 5.32 Å². The second-order valence-electron chi connectivity index (χ2n) is 5.01. The monoisotopic (exact) mass is 217 g/mol. The van der Waals surface area contributed by atoms with Crippen LogP contribution in [0.2, 0.25) is 0 Å². The number of nitrogens with zero attached hydrogens (tertiary/aromatic N) is 2. The minimum Gasteiger partial charge on any atom is -0.382 e. The third-order valence-electron chi connectivity index (χ3n) is 3.94. The molecule has 0 radical (unpaired) electrons. The highest BCUT2D eigenvalue weighted by atomic mass is 15.3. The van der Waals surface area contributed by atoms with Crippen LogP contribution in [0.1, 0.15) is 19.8 Å². The van der Waals surface area contributed by atoms with Crippen molar-refractivity contribution in [3.63, 3.8) is 0 Å². The van der Waals surface area contributed by atoms with Crippen LogP contribution in [-0.4, -0.2) is 16.3 Å². The number of fused-ring (bicyclic) bond motifs is 2. The van der Waals surface area contributed by atoms with Gasteiger partial charge in [0.2, 0.25) is 0 Å². The topological polar surface area (TPSA) is 29.9 Å². The molecule has 0 aromatic carbocycles. The summed E-state index contributed by atoms with van der Waals surface area (Å²) in [5, 5.41) is 7.78. The van der Waals surface area contributed by atoms with E-state index in [4.69, 9.17) is 0 Å². The van der Waals surface area contributed by atoms with Gasteiger partial charge in [0.1, 0.15) is 0 Å². The van der Waals surface area contributed by atoms with Crippen molar-refractivity contribution >= 4 is 5.69 Å². The van der Waals surface area contributed by atoms with E-state index in [1.165, 1.54) is 12.8 Å². The molecule has 2 aliphatic rings. The van der Waals surface area contributed by atoms with E-state index in [0.717, 1.165) is 36.5 Å². The fourth-order valence-electron chi connectivity index (χ4n) is 3.01. The zero-order valence-electron chi connectivity index (χ0n) is 9.76. The molecule has 1 aromatic rings. The van der Waals surface area contributed by atoms with Gasteiger partial charge in [-0.05, 0) is 37.5 Å². The molecule has 3 rings (SSSR count). The molecule has 3 unspecified atom stereocenters. The van der Waals surface area contributed by atoms with Crippen molar-refractivity contribution in [2.45, 2.75) is 26.3 Å². The molecule has 1 N–H and O–H groups in total. The van der Waals surface area contributed by atoms with E-state index in [0.29, 0.717) is 0 Å². The number of rotatable bonds is 4. The molecule has 2 bridgehead atoms. The first-order valence-electron chi connectivity index (χ1n) is 6.30. The van der Waals surface area contributed by atoms with Gasteiger partial charge in [-0.3, -0.25) is 4.68 Å². The largest absolute Gasteiger partial charge is 0.382 e. The van der Waals surface area contributed by atoms with Crippen molar-refractivity contribution in [3.8, 4) is 0 Å². The molecule has 0 aliphatic heterocycles. The first-order valence-corrected chi connectivity index (χ1v) is 6.30. The van der Waals surface area contributed by atoms with E-state index >= 15 is 0 Å². The van der Waals surface area contributed by atoms with Gasteiger partial charge in [0.25, 0.3) is 0 Å². The van der Waals surface area contributed by atoms with Crippen molar-refractivity contribution < 1.29 is 0 Å².